The average Bonchev–Trinajstić information content (AvgIpc) is 3.08. The van der Waals surface area contributed by atoms with Crippen molar-refractivity contribution in [1.29, 1.82) is 0 Å². The summed E-state index contributed by atoms with van der Waals surface area (Å²) in [5, 5.41) is 4.05. The van der Waals surface area contributed by atoms with E-state index in [0.29, 0.717) is 29.7 Å². The lowest BCUT2D eigenvalue weighted by molar-refractivity contribution is -0.126. The largest absolute Gasteiger partial charge is 0.273 e. The molecule has 1 N–H and O–H groups in total. The van der Waals surface area contributed by atoms with Crippen LogP contribution in [0.3, 0.4) is 0 Å². The molecule has 2 aliphatic rings. The van der Waals surface area contributed by atoms with Crippen LogP contribution in [0, 0.1) is 5.92 Å². The molecule has 4 rings (SSSR count). The van der Waals surface area contributed by atoms with Crippen molar-refractivity contribution in [1.82, 2.24) is 14.6 Å². The highest BCUT2D eigenvalue weighted by Crippen LogP contribution is 2.24. The maximum atomic E-state index is 12.7. The molecule has 2 aliphatic heterocycles. The van der Waals surface area contributed by atoms with E-state index in [1.807, 2.05) is 0 Å². The number of benzene rings is 2. The van der Waals surface area contributed by atoms with Crippen LogP contribution in [0.15, 0.2) is 64.6 Å². The van der Waals surface area contributed by atoms with Crippen LogP contribution in [-0.4, -0.2) is 60.7 Å². The number of hydrogen-bond acceptors (Lipinski definition) is 6. The van der Waals surface area contributed by atoms with Crippen molar-refractivity contribution in [3.8, 4) is 0 Å². The van der Waals surface area contributed by atoms with Gasteiger partial charge in [-0.1, -0.05) is 30.3 Å². The third kappa shape index (κ3) is 4.57. The number of nitrogens with one attached hydrogen (secondary N) is 1. The molecule has 1 saturated heterocycles. The molecule has 0 atom stereocenters. The standard InChI is InChI=1S/C23H24N4O5S/c1-16(15-27-22(29)19-9-5-6-10-20(19)23(27)30)24-25-21(28)17-11-13-26(14-12-17)33(31,32)18-7-3-2-4-8-18/h2-10,17H,11-15H2,1H3,(H,25,28)/b24-16-. The lowest BCUT2D eigenvalue weighted by atomic mass is 9.98. The molecule has 3 amide bonds. The molecule has 0 radical (unpaired) electrons. The van der Waals surface area contributed by atoms with E-state index < -0.39 is 10.0 Å². The lowest BCUT2D eigenvalue weighted by Gasteiger charge is -2.30. The second-order valence-corrected chi connectivity index (χ2v) is 9.99. The van der Waals surface area contributed by atoms with Crippen molar-refractivity contribution in [2.45, 2.75) is 24.7 Å². The van der Waals surface area contributed by atoms with Gasteiger partial charge in [-0.3, -0.25) is 19.3 Å². The number of piperidine rings is 1. The van der Waals surface area contributed by atoms with Crippen LogP contribution in [0.25, 0.3) is 0 Å². The molecule has 33 heavy (non-hydrogen) atoms. The van der Waals surface area contributed by atoms with Crippen molar-refractivity contribution in [3.63, 3.8) is 0 Å². The summed E-state index contributed by atoms with van der Waals surface area (Å²) in [4.78, 5) is 38.8. The Labute approximate surface area is 192 Å². The van der Waals surface area contributed by atoms with Gasteiger partial charge in [-0.25, -0.2) is 13.8 Å². The zero-order chi connectivity index (χ0) is 23.6. The molecule has 2 aromatic carbocycles. The molecule has 2 aromatic rings. The van der Waals surface area contributed by atoms with Crippen LogP contribution in [0.2, 0.25) is 0 Å². The minimum atomic E-state index is -3.58. The first-order valence-corrected chi connectivity index (χ1v) is 12.1. The van der Waals surface area contributed by atoms with Gasteiger partial charge in [0, 0.05) is 19.0 Å². The van der Waals surface area contributed by atoms with Gasteiger partial charge in [-0.2, -0.15) is 9.41 Å². The molecule has 0 saturated carbocycles. The summed E-state index contributed by atoms with van der Waals surface area (Å²) in [5.74, 6) is -1.46. The third-order valence-corrected chi connectivity index (χ3v) is 7.74. The number of fused-ring (bicyclic) bond motifs is 1. The molecule has 0 bridgehead atoms. The molecular weight excluding hydrogens is 444 g/mol. The molecule has 0 aromatic heterocycles. The Balaban J connectivity index is 1.31. The van der Waals surface area contributed by atoms with E-state index in [0.717, 1.165) is 4.90 Å². The zero-order valence-corrected chi connectivity index (χ0v) is 18.9. The first kappa shape index (κ1) is 22.8. The molecule has 9 nitrogen and oxygen atoms in total. The number of sulfonamides is 1. The predicted octanol–water partition coefficient (Wildman–Crippen LogP) is 1.88. The summed E-state index contributed by atoms with van der Waals surface area (Å²) in [6, 6.07) is 14.8. The van der Waals surface area contributed by atoms with E-state index in [1.165, 1.54) is 4.31 Å². The number of carbonyl (C=O) groups is 3. The van der Waals surface area contributed by atoms with Crippen LogP contribution >= 0.6 is 0 Å². The van der Waals surface area contributed by atoms with Crippen molar-refractivity contribution >= 4 is 33.5 Å². The summed E-state index contributed by atoms with van der Waals surface area (Å²) in [5.41, 5.74) is 3.61. The van der Waals surface area contributed by atoms with Crippen molar-refractivity contribution in [2.24, 2.45) is 11.0 Å². The van der Waals surface area contributed by atoms with Crippen LogP contribution in [0.4, 0.5) is 0 Å². The second-order valence-electron chi connectivity index (χ2n) is 8.06. The molecule has 0 unspecified atom stereocenters. The van der Waals surface area contributed by atoms with Crippen LogP contribution < -0.4 is 5.43 Å². The Hall–Kier alpha value is -3.37. The monoisotopic (exact) mass is 468 g/mol. The Morgan fingerprint density at radius 1 is 0.970 bits per heavy atom. The number of nitrogens with zero attached hydrogens (tertiary/aromatic N) is 3. The number of carbonyl (C=O) groups excluding carboxylic acids is 3. The summed E-state index contributed by atoms with van der Waals surface area (Å²) < 4.78 is 26.8. The highest BCUT2D eigenvalue weighted by Gasteiger charge is 2.35. The van der Waals surface area contributed by atoms with E-state index in [2.05, 4.69) is 10.5 Å². The lowest BCUT2D eigenvalue weighted by Crippen LogP contribution is -2.42. The van der Waals surface area contributed by atoms with Gasteiger partial charge in [0.2, 0.25) is 15.9 Å². The SMILES string of the molecule is C/C(CN1C(=O)c2ccccc2C1=O)=N/NC(=O)C1CCN(S(=O)(=O)c2ccccc2)CC1. The number of imide groups is 1. The number of amides is 3. The van der Waals surface area contributed by atoms with Crippen molar-refractivity contribution in [3.05, 3.63) is 65.7 Å². The summed E-state index contributed by atoms with van der Waals surface area (Å²) in [6.45, 7) is 2.08. The quantitative estimate of drug-likeness (QED) is 0.395. The molecule has 2 heterocycles. The van der Waals surface area contributed by atoms with Gasteiger partial charge in [-0.15, -0.1) is 0 Å². The summed E-state index contributed by atoms with van der Waals surface area (Å²) in [7, 11) is -3.58. The minimum Gasteiger partial charge on any atom is -0.273 e. The highest BCUT2D eigenvalue weighted by molar-refractivity contribution is 7.89. The maximum Gasteiger partial charge on any atom is 0.261 e. The van der Waals surface area contributed by atoms with Gasteiger partial charge in [0.25, 0.3) is 11.8 Å². The number of rotatable bonds is 6. The Bertz CT molecular complexity index is 1180. The Kier molecular flexibility index (Phi) is 6.39. The van der Waals surface area contributed by atoms with Gasteiger partial charge in [0.15, 0.2) is 0 Å². The van der Waals surface area contributed by atoms with Gasteiger partial charge < -0.3 is 0 Å². The number of hydrogen-bond donors (Lipinski definition) is 1. The van der Waals surface area contributed by atoms with Crippen LogP contribution in [-0.2, 0) is 14.8 Å². The fourth-order valence-electron chi connectivity index (χ4n) is 3.99. The maximum absolute atomic E-state index is 12.7. The number of hydrazone groups is 1. The van der Waals surface area contributed by atoms with E-state index in [4.69, 9.17) is 0 Å². The van der Waals surface area contributed by atoms with Crippen molar-refractivity contribution < 1.29 is 22.8 Å². The molecule has 1 fully saturated rings. The topological polar surface area (TPSA) is 116 Å². The van der Waals surface area contributed by atoms with E-state index in [-0.39, 0.29) is 48.2 Å². The molecule has 0 spiro atoms. The van der Waals surface area contributed by atoms with Gasteiger partial charge in [0.05, 0.1) is 28.3 Å². The van der Waals surface area contributed by atoms with Gasteiger partial charge >= 0.3 is 0 Å². The average molecular weight is 469 g/mol. The normalized spacial score (nSPS) is 17.8. The van der Waals surface area contributed by atoms with E-state index >= 15 is 0 Å². The van der Waals surface area contributed by atoms with Crippen molar-refractivity contribution in [2.75, 3.05) is 19.6 Å². The molecule has 10 heteroatoms. The fourth-order valence-corrected chi connectivity index (χ4v) is 5.48. The fraction of sp³-hybridized carbons (Fsp3) is 0.304. The first-order chi connectivity index (χ1) is 15.8. The smallest absolute Gasteiger partial charge is 0.261 e. The van der Waals surface area contributed by atoms with Gasteiger partial charge in [0.1, 0.15) is 0 Å². The van der Waals surface area contributed by atoms with Crippen LogP contribution in [0.5, 0.6) is 0 Å². The Morgan fingerprint density at radius 3 is 2.09 bits per heavy atom. The van der Waals surface area contributed by atoms with E-state index in [1.54, 1.807) is 61.5 Å². The molecular formula is C23H24N4O5S. The summed E-state index contributed by atoms with van der Waals surface area (Å²) in [6.07, 6.45) is 0.760. The molecule has 172 valence electrons. The summed E-state index contributed by atoms with van der Waals surface area (Å²) >= 11 is 0. The Morgan fingerprint density at radius 2 is 1.52 bits per heavy atom. The minimum absolute atomic E-state index is 0.0274. The highest BCUT2D eigenvalue weighted by atomic mass is 32.2. The zero-order valence-electron chi connectivity index (χ0n) is 18.1. The van der Waals surface area contributed by atoms with E-state index in [9.17, 15) is 22.8 Å². The van der Waals surface area contributed by atoms with Crippen LogP contribution in [0.1, 0.15) is 40.5 Å². The molecule has 0 aliphatic carbocycles. The second kappa shape index (κ2) is 9.24. The predicted molar refractivity (Wildman–Crippen MR) is 121 cm³/mol. The first-order valence-electron chi connectivity index (χ1n) is 10.6. The third-order valence-electron chi connectivity index (χ3n) is 5.83. The van der Waals surface area contributed by atoms with Gasteiger partial charge in [-0.05, 0) is 44.0 Å².